The van der Waals surface area contributed by atoms with Crippen LogP contribution in [-0.2, 0) is 0 Å². The summed E-state index contributed by atoms with van der Waals surface area (Å²) in [4.78, 5) is 6.72. The Morgan fingerprint density at radius 2 is 1.75 bits per heavy atom. The Morgan fingerprint density at radius 3 is 2.45 bits per heavy atom. The van der Waals surface area contributed by atoms with E-state index >= 15 is 0 Å². The van der Waals surface area contributed by atoms with Crippen molar-refractivity contribution in [3.63, 3.8) is 0 Å². The zero-order valence-electron chi connectivity index (χ0n) is 11.3. The molecule has 0 unspecified atom stereocenters. The number of hydrogen-bond donors (Lipinski definition) is 1. The highest BCUT2D eigenvalue weighted by Gasteiger charge is 2.19. The summed E-state index contributed by atoms with van der Waals surface area (Å²) < 4.78 is 0. The first-order valence-corrected chi connectivity index (χ1v) is 7.38. The van der Waals surface area contributed by atoms with Crippen LogP contribution in [-0.4, -0.2) is 24.1 Å². The molecule has 3 rings (SSSR count). The number of nitrogens with zero attached hydrogens (tertiary/aromatic N) is 2. The molecule has 0 aliphatic carbocycles. The summed E-state index contributed by atoms with van der Waals surface area (Å²) in [6.45, 7) is 2.14. The topological polar surface area (TPSA) is 28.2 Å². The predicted octanol–water partition coefficient (Wildman–Crippen LogP) is 3.82. The number of piperidine rings is 1. The lowest BCUT2D eigenvalue weighted by molar-refractivity contribution is 0.525. The molecule has 1 saturated heterocycles. The molecular weight excluding hydrogens is 270 g/mol. The minimum Gasteiger partial charge on any atom is -0.371 e. The van der Waals surface area contributed by atoms with Crippen molar-refractivity contribution in [1.82, 2.24) is 4.98 Å². The standard InChI is InChI=1S/C16H18ClN3/c17-15-7-4-8-16(19-15)18-13-9-11-20(12-10-13)14-5-2-1-3-6-14/h1-8,13H,9-12H2,(H,18,19). The van der Waals surface area contributed by atoms with Crippen LogP contribution in [0.25, 0.3) is 0 Å². The van der Waals surface area contributed by atoms with E-state index in [-0.39, 0.29) is 0 Å². The molecule has 2 heterocycles. The van der Waals surface area contributed by atoms with Crippen LogP contribution in [0.1, 0.15) is 12.8 Å². The van der Waals surface area contributed by atoms with Gasteiger partial charge in [0.1, 0.15) is 11.0 Å². The minimum absolute atomic E-state index is 0.473. The summed E-state index contributed by atoms with van der Waals surface area (Å²) in [7, 11) is 0. The number of nitrogens with one attached hydrogen (secondary N) is 1. The molecule has 1 aliphatic heterocycles. The second kappa shape index (κ2) is 6.14. The zero-order valence-corrected chi connectivity index (χ0v) is 12.1. The molecule has 0 amide bonds. The van der Waals surface area contributed by atoms with E-state index in [2.05, 4.69) is 45.5 Å². The van der Waals surface area contributed by atoms with Crippen LogP contribution in [0.3, 0.4) is 0 Å². The lowest BCUT2D eigenvalue weighted by Crippen LogP contribution is -2.39. The van der Waals surface area contributed by atoms with Gasteiger partial charge in [0, 0.05) is 24.8 Å². The lowest BCUT2D eigenvalue weighted by atomic mass is 10.0. The maximum absolute atomic E-state index is 5.91. The first kappa shape index (κ1) is 13.3. The van der Waals surface area contributed by atoms with Gasteiger partial charge in [-0.3, -0.25) is 0 Å². The Bertz CT molecular complexity index is 551. The minimum atomic E-state index is 0.473. The van der Waals surface area contributed by atoms with Crippen LogP contribution in [0.5, 0.6) is 0 Å². The number of rotatable bonds is 3. The molecule has 0 radical (unpaired) electrons. The molecule has 2 aromatic rings. The summed E-state index contributed by atoms with van der Waals surface area (Å²) >= 11 is 5.91. The van der Waals surface area contributed by atoms with E-state index in [0.29, 0.717) is 11.2 Å². The van der Waals surface area contributed by atoms with Gasteiger partial charge in [-0.1, -0.05) is 35.9 Å². The third-order valence-corrected chi connectivity index (χ3v) is 3.89. The van der Waals surface area contributed by atoms with Gasteiger partial charge in [0.05, 0.1) is 0 Å². The van der Waals surface area contributed by atoms with Gasteiger partial charge in [0.25, 0.3) is 0 Å². The Labute approximate surface area is 124 Å². The van der Waals surface area contributed by atoms with Crippen LogP contribution >= 0.6 is 11.6 Å². The van der Waals surface area contributed by atoms with Gasteiger partial charge in [-0.15, -0.1) is 0 Å². The highest BCUT2D eigenvalue weighted by Crippen LogP contribution is 2.21. The fourth-order valence-corrected chi connectivity index (χ4v) is 2.78. The second-order valence-electron chi connectivity index (χ2n) is 5.09. The molecule has 0 saturated carbocycles. The molecule has 1 aromatic heterocycles. The van der Waals surface area contributed by atoms with Gasteiger partial charge in [-0.25, -0.2) is 4.98 Å². The molecule has 0 spiro atoms. The smallest absolute Gasteiger partial charge is 0.131 e. The average Bonchev–Trinajstić information content (AvgIpc) is 2.49. The Morgan fingerprint density at radius 1 is 1.00 bits per heavy atom. The quantitative estimate of drug-likeness (QED) is 0.870. The van der Waals surface area contributed by atoms with Gasteiger partial charge < -0.3 is 10.2 Å². The van der Waals surface area contributed by atoms with Crippen molar-refractivity contribution in [1.29, 1.82) is 0 Å². The van der Waals surface area contributed by atoms with Crippen molar-refractivity contribution >= 4 is 23.1 Å². The molecule has 1 aliphatic rings. The number of hydrogen-bond acceptors (Lipinski definition) is 3. The van der Waals surface area contributed by atoms with Crippen LogP contribution < -0.4 is 10.2 Å². The first-order valence-electron chi connectivity index (χ1n) is 7.00. The number of pyridine rings is 1. The summed E-state index contributed by atoms with van der Waals surface area (Å²) in [6, 6.07) is 16.8. The van der Waals surface area contributed by atoms with E-state index in [1.807, 2.05) is 12.1 Å². The maximum atomic E-state index is 5.91. The molecule has 4 heteroatoms. The normalized spacial score (nSPS) is 16.1. The van der Waals surface area contributed by atoms with Gasteiger partial charge in [-0.2, -0.15) is 0 Å². The largest absolute Gasteiger partial charge is 0.371 e. The van der Waals surface area contributed by atoms with E-state index in [0.717, 1.165) is 31.7 Å². The number of benzene rings is 1. The molecule has 0 atom stereocenters. The van der Waals surface area contributed by atoms with Crippen LogP contribution in [0.2, 0.25) is 5.15 Å². The van der Waals surface area contributed by atoms with Gasteiger partial charge >= 0.3 is 0 Å². The molecule has 20 heavy (non-hydrogen) atoms. The number of aromatic nitrogens is 1. The summed E-state index contributed by atoms with van der Waals surface area (Å²) in [6.07, 6.45) is 2.23. The van der Waals surface area contributed by atoms with Crippen molar-refractivity contribution < 1.29 is 0 Å². The lowest BCUT2D eigenvalue weighted by Gasteiger charge is -2.34. The Kier molecular flexibility index (Phi) is 4.07. The van der Waals surface area contributed by atoms with E-state index in [9.17, 15) is 0 Å². The van der Waals surface area contributed by atoms with E-state index < -0.39 is 0 Å². The highest BCUT2D eigenvalue weighted by atomic mass is 35.5. The average molecular weight is 288 g/mol. The highest BCUT2D eigenvalue weighted by molar-refractivity contribution is 6.29. The molecule has 1 fully saturated rings. The van der Waals surface area contributed by atoms with Crippen LogP contribution in [0, 0.1) is 0 Å². The Balaban J connectivity index is 1.56. The first-order chi connectivity index (χ1) is 9.81. The van der Waals surface area contributed by atoms with Crippen molar-refractivity contribution in [3.05, 3.63) is 53.7 Å². The van der Waals surface area contributed by atoms with E-state index in [4.69, 9.17) is 11.6 Å². The van der Waals surface area contributed by atoms with Crippen molar-refractivity contribution in [2.75, 3.05) is 23.3 Å². The summed E-state index contributed by atoms with van der Waals surface area (Å²) in [5.74, 6) is 0.871. The monoisotopic (exact) mass is 287 g/mol. The SMILES string of the molecule is Clc1cccc(NC2CCN(c3ccccc3)CC2)n1. The Hall–Kier alpha value is -1.74. The third-order valence-electron chi connectivity index (χ3n) is 3.68. The van der Waals surface area contributed by atoms with E-state index in [1.165, 1.54) is 5.69 Å². The molecule has 0 bridgehead atoms. The van der Waals surface area contributed by atoms with Crippen LogP contribution in [0.4, 0.5) is 11.5 Å². The number of anilines is 2. The van der Waals surface area contributed by atoms with E-state index in [1.54, 1.807) is 6.07 Å². The fourth-order valence-electron chi connectivity index (χ4n) is 2.62. The summed E-state index contributed by atoms with van der Waals surface area (Å²) in [5, 5.41) is 4.01. The molecule has 1 N–H and O–H groups in total. The van der Waals surface area contributed by atoms with Gasteiger partial charge in [0.2, 0.25) is 0 Å². The second-order valence-corrected chi connectivity index (χ2v) is 5.47. The van der Waals surface area contributed by atoms with Crippen molar-refractivity contribution in [3.8, 4) is 0 Å². The zero-order chi connectivity index (χ0) is 13.8. The van der Waals surface area contributed by atoms with Crippen molar-refractivity contribution in [2.45, 2.75) is 18.9 Å². The van der Waals surface area contributed by atoms with Gasteiger partial charge in [-0.05, 0) is 37.1 Å². The van der Waals surface area contributed by atoms with Gasteiger partial charge in [0.15, 0.2) is 0 Å². The van der Waals surface area contributed by atoms with Crippen molar-refractivity contribution in [2.24, 2.45) is 0 Å². The predicted molar refractivity (Wildman–Crippen MR) is 84.5 cm³/mol. The summed E-state index contributed by atoms with van der Waals surface area (Å²) in [5.41, 5.74) is 1.31. The third kappa shape index (κ3) is 3.23. The molecule has 104 valence electrons. The van der Waals surface area contributed by atoms with Crippen LogP contribution in [0.15, 0.2) is 48.5 Å². The number of halogens is 1. The molecule has 1 aromatic carbocycles. The molecular formula is C16H18ClN3. The number of para-hydroxylation sites is 1. The molecule has 3 nitrogen and oxygen atoms in total. The fraction of sp³-hybridized carbons (Fsp3) is 0.312. The maximum Gasteiger partial charge on any atom is 0.131 e.